The molecule has 3 rings (SSSR count). The number of ether oxygens (including phenoxy) is 1. The Kier molecular flexibility index (Phi) is 7.98. The monoisotopic (exact) mass is 387 g/mol. The van der Waals surface area contributed by atoms with Gasteiger partial charge >= 0.3 is 0 Å². The van der Waals surface area contributed by atoms with Crippen molar-refractivity contribution in [2.75, 3.05) is 47.4 Å². The molecule has 0 bridgehead atoms. The number of guanidine groups is 1. The Labute approximate surface area is 170 Å². The van der Waals surface area contributed by atoms with Crippen LogP contribution >= 0.6 is 0 Å². The summed E-state index contributed by atoms with van der Waals surface area (Å²) in [5, 5.41) is 7.07. The molecule has 2 fully saturated rings. The molecule has 1 heterocycles. The van der Waals surface area contributed by atoms with E-state index in [0.717, 1.165) is 37.4 Å². The minimum absolute atomic E-state index is 0.493. The van der Waals surface area contributed by atoms with Crippen LogP contribution in [0.4, 0.5) is 0 Å². The second-order valence-corrected chi connectivity index (χ2v) is 8.29. The normalized spacial score (nSPS) is 21.4. The van der Waals surface area contributed by atoms with E-state index in [1.807, 2.05) is 13.1 Å². The molecular weight excluding hydrogens is 350 g/mol. The molecular formula is C22H37N5O. The van der Waals surface area contributed by atoms with Gasteiger partial charge in [0.05, 0.1) is 0 Å². The zero-order valence-corrected chi connectivity index (χ0v) is 17.8. The van der Waals surface area contributed by atoms with E-state index >= 15 is 0 Å². The van der Waals surface area contributed by atoms with Crippen molar-refractivity contribution < 1.29 is 4.74 Å². The molecule has 1 aliphatic carbocycles. The average Bonchev–Trinajstić information content (AvgIpc) is 3.37. The number of aliphatic imine (C=N–C) groups is 1. The first kappa shape index (κ1) is 20.9. The van der Waals surface area contributed by atoms with E-state index in [4.69, 9.17) is 4.74 Å². The highest BCUT2D eigenvalue weighted by Gasteiger charge is 2.30. The topological polar surface area (TPSA) is 52.1 Å². The molecule has 0 amide bonds. The number of likely N-dealkylation sites (N-methyl/N-ethyl adjacent to an activating group) is 1. The van der Waals surface area contributed by atoms with Crippen molar-refractivity contribution >= 4 is 5.96 Å². The van der Waals surface area contributed by atoms with Crippen LogP contribution in [0.3, 0.4) is 0 Å². The molecule has 2 aliphatic rings. The van der Waals surface area contributed by atoms with Gasteiger partial charge in [-0.05, 0) is 51.1 Å². The molecule has 1 saturated carbocycles. The fourth-order valence-electron chi connectivity index (χ4n) is 4.17. The average molecular weight is 388 g/mol. The van der Waals surface area contributed by atoms with E-state index in [1.54, 1.807) is 0 Å². The van der Waals surface area contributed by atoms with Gasteiger partial charge in [0.25, 0.3) is 0 Å². The second kappa shape index (κ2) is 10.7. The molecule has 156 valence electrons. The predicted octanol–water partition coefficient (Wildman–Crippen LogP) is 2.31. The van der Waals surface area contributed by atoms with Gasteiger partial charge in [0.1, 0.15) is 12.4 Å². The zero-order valence-electron chi connectivity index (χ0n) is 17.8. The second-order valence-electron chi connectivity index (χ2n) is 8.29. The van der Waals surface area contributed by atoms with Crippen LogP contribution in [-0.2, 0) is 6.54 Å². The van der Waals surface area contributed by atoms with E-state index in [0.29, 0.717) is 12.6 Å². The standard InChI is InChI=1S/C22H37N5O/c1-23-22(25-19-11-12-27(17-19)20-8-4-5-9-20)24-16-18-7-6-10-21(15-18)28-14-13-26(2)3/h6-7,10,15,19-20H,4-5,8-9,11-14,16-17H2,1-3H3,(H2,23,24,25). The summed E-state index contributed by atoms with van der Waals surface area (Å²) in [6.45, 7) is 4.71. The van der Waals surface area contributed by atoms with Gasteiger partial charge in [0.15, 0.2) is 5.96 Å². The maximum atomic E-state index is 5.84. The van der Waals surface area contributed by atoms with Crippen LogP contribution in [0.2, 0.25) is 0 Å². The van der Waals surface area contributed by atoms with Gasteiger partial charge in [-0.2, -0.15) is 0 Å². The minimum atomic E-state index is 0.493. The smallest absolute Gasteiger partial charge is 0.191 e. The molecule has 1 unspecified atom stereocenters. The molecule has 1 aromatic rings. The van der Waals surface area contributed by atoms with Crippen molar-refractivity contribution in [1.29, 1.82) is 0 Å². The number of likely N-dealkylation sites (tertiary alicyclic amines) is 1. The van der Waals surface area contributed by atoms with E-state index in [-0.39, 0.29) is 0 Å². The fraction of sp³-hybridized carbons (Fsp3) is 0.682. The molecule has 0 aromatic heterocycles. The Bertz CT molecular complexity index is 627. The summed E-state index contributed by atoms with van der Waals surface area (Å²) in [4.78, 5) is 9.22. The van der Waals surface area contributed by atoms with Crippen LogP contribution in [0.15, 0.2) is 29.3 Å². The predicted molar refractivity (Wildman–Crippen MR) is 116 cm³/mol. The van der Waals surface area contributed by atoms with Gasteiger partial charge in [0, 0.05) is 45.3 Å². The first-order chi connectivity index (χ1) is 13.6. The lowest BCUT2D eigenvalue weighted by Gasteiger charge is -2.24. The largest absolute Gasteiger partial charge is 0.492 e. The molecule has 6 heteroatoms. The van der Waals surface area contributed by atoms with Crippen LogP contribution in [0.25, 0.3) is 0 Å². The van der Waals surface area contributed by atoms with Crippen molar-refractivity contribution in [3.8, 4) is 5.75 Å². The van der Waals surface area contributed by atoms with Gasteiger partial charge in [0.2, 0.25) is 0 Å². The molecule has 6 nitrogen and oxygen atoms in total. The number of hydrogen-bond acceptors (Lipinski definition) is 4. The lowest BCUT2D eigenvalue weighted by molar-refractivity contribution is 0.242. The third-order valence-corrected chi connectivity index (χ3v) is 5.79. The third-order valence-electron chi connectivity index (χ3n) is 5.79. The fourth-order valence-corrected chi connectivity index (χ4v) is 4.17. The number of rotatable bonds is 8. The molecule has 0 radical (unpaired) electrons. The molecule has 2 N–H and O–H groups in total. The summed E-state index contributed by atoms with van der Waals surface area (Å²) in [5.74, 6) is 1.81. The van der Waals surface area contributed by atoms with E-state index < -0.39 is 0 Å². The molecule has 28 heavy (non-hydrogen) atoms. The Hall–Kier alpha value is -1.79. The van der Waals surface area contributed by atoms with Crippen LogP contribution in [0.1, 0.15) is 37.7 Å². The van der Waals surface area contributed by atoms with Crippen molar-refractivity contribution in [2.45, 2.75) is 50.7 Å². The molecule has 0 spiro atoms. The highest BCUT2D eigenvalue weighted by Crippen LogP contribution is 2.26. The van der Waals surface area contributed by atoms with Crippen molar-refractivity contribution in [3.63, 3.8) is 0 Å². The summed E-state index contributed by atoms with van der Waals surface area (Å²) >= 11 is 0. The number of nitrogens with zero attached hydrogens (tertiary/aromatic N) is 3. The van der Waals surface area contributed by atoms with E-state index in [9.17, 15) is 0 Å². The quantitative estimate of drug-likeness (QED) is 0.530. The minimum Gasteiger partial charge on any atom is -0.492 e. The Morgan fingerprint density at radius 3 is 2.82 bits per heavy atom. The van der Waals surface area contributed by atoms with Crippen molar-refractivity contribution in [2.24, 2.45) is 4.99 Å². The molecule has 1 atom stereocenters. The Morgan fingerprint density at radius 1 is 1.25 bits per heavy atom. The van der Waals surface area contributed by atoms with Crippen molar-refractivity contribution in [1.82, 2.24) is 20.4 Å². The Balaban J connectivity index is 1.43. The van der Waals surface area contributed by atoms with Gasteiger partial charge < -0.3 is 20.3 Å². The summed E-state index contributed by atoms with van der Waals surface area (Å²) < 4.78 is 5.84. The summed E-state index contributed by atoms with van der Waals surface area (Å²) in [5.41, 5.74) is 1.20. The number of nitrogens with one attached hydrogen (secondary N) is 2. The maximum absolute atomic E-state index is 5.84. The van der Waals surface area contributed by atoms with Crippen LogP contribution in [-0.4, -0.2) is 75.2 Å². The van der Waals surface area contributed by atoms with Crippen LogP contribution in [0, 0.1) is 0 Å². The van der Waals surface area contributed by atoms with Gasteiger partial charge in [-0.15, -0.1) is 0 Å². The number of hydrogen-bond donors (Lipinski definition) is 2. The van der Waals surface area contributed by atoms with E-state index in [1.165, 1.54) is 44.2 Å². The maximum Gasteiger partial charge on any atom is 0.191 e. The summed E-state index contributed by atoms with van der Waals surface area (Å²) in [6, 6.07) is 9.60. The van der Waals surface area contributed by atoms with E-state index in [2.05, 4.69) is 57.7 Å². The molecule has 1 aromatic carbocycles. The highest BCUT2D eigenvalue weighted by atomic mass is 16.5. The first-order valence-electron chi connectivity index (χ1n) is 10.7. The van der Waals surface area contributed by atoms with Crippen LogP contribution in [0.5, 0.6) is 5.75 Å². The molecule has 1 saturated heterocycles. The van der Waals surface area contributed by atoms with Crippen molar-refractivity contribution in [3.05, 3.63) is 29.8 Å². The van der Waals surface area contributed by atoms with Gasteiger partial charge in [-0.3, -0.25) is 9.89 Å². The SMILES string of the molecule is CN=C(NCc1cccc(OCCN(C)C)c1)NC1CCN(C2CCCC2)C1. The Morgan fingerprint density at radius 2 is 2.07 bits per heavy atom. The molecule has 1 aliphatic heterocycles. The van der Waals surface area contributed by atoms with Gasteiger partial charge in [-0.25, -0.2) is 0 Å². The summed E-state index contributed by atoms with van der Waals surface area (Å²) in [7, 11) is 5.96. The highest BCUT2D eigenvalue weighted by molar-refractivity contribution is 5.80. The van der Waals surface area contributed by atoms with Gasteiger partial charge in [-0.1, -0.05) is 25.0 Å². The summed E-state index contributed by atoms with van der Waals surface area (Å²) in [6.07, 6.45) is 6.77. The van der Waals surface area contributed by atoms with Crippen LogP contribution < -0.4 is 15.4 Å². The first-order valence-corrected chi connectivity index (χ1v) is 10.7. The third kappa shape index (κ3) is 6.38. The lowest BCUT2D eigenvalue weighted by atomic mass is 10.2. The zero-order chi connectivity index (χ0) is 19.8. The lowest BCUT2D eigenvalue weighted by Crippen LogP contribution is -2.45. The number of benzene rings is 1.